The van der Waals surface area contributed by atoms with Crippen LogP contribution in [0.3, 0.4) is 0 Å². The minimum atomic E-state index is 1.00. The zero-order valence-electron chi connectivity index (χ0n) is 14.3. The van der Waals surface area contributed by atoms with Crippen LogP contribution in [0.4, 0.5) is 0 Å². The molecule has 0 amide bonds. The Bertz CT molecular complexity index is 1220. The lowest BCUT2D eigenvalue weighted by atomic mass is 9.89. The SMILES string of the molecule is c1ccc(-c2ccc3ccccc3c2-c2cccc3ccccc23)nc1. The minimum Gasteiger partial charge on any atom is -0.256 e. The summed E-state index contributed by atoms with van der Waals surface area (Å²) in [6.07, 6.45) is 1.86. The molecule has 0 saturated carbocycles. The van der Waals surface area contributed by atoms with Gasteiger partial charge in [0.1, 0.15) is 0 Å². The molecule has 1 heteroatoms. The van der Waals surface area contributed by atoms with Crippen LogP contribution >= 0.6 is 0 Å². The van der Waals surface area contributed by atoms with E-state index in [1.807, 2.05) is 18.3 Å². The Morgan fingerprint density at radius 2 is 1.15 bits per heavy atom. The van der Waals surface area contributed by atoms with Gasteiger partial charge in [0, 0.05) is 11.8 Å². The van der Waals surface area contributed by atoms with E-state index in [0.29, 0.717) is 0 Å². The molecule has 0 spiro atoms. The smallest absolute Gasteiger partial charge is 0.0708 e. The molecule has 0 saturated heterocycles. The third-order valence-electron chi connectivity index (χ3n) is 4.93. The number of benzene rings is 4. The molecule has 0 unspecified atom stereocenters. The van der Waals surface area contributed by atoms with Crippen molar-refractivity contribution in [2.75, 3.05) is 0 Å². The molecular formula is C25H17N. The van der Waals surface area contributed by atoms with Crippen LogP contribution in [-0.4, -0.2) is 4.98 Å². The average molecular weight is 331 g/mol. The van der Waals surface area contributed by atoms with Gasteiger partial charge in [0.05, 0.1) is 5.69 Å². The van der Waals surface area contributed by atoms with Crippen LogP contribution in [0.15, 0.2) is 103 Å². The van der Waals surface area contributed by atoms with Crippen LogP contribution in [0.1, 0.15) is 0 Å². The van der Waals surface area contributed by atoms with Crippen molar-refractivity contribution in [3.05, 3.63) is 103 Å². The fraction of sp³-hybridized carbons (Fsp3) is 0. The normalized spacial score (nSPS) is 11.1. The number of fused-ring (bicyclic) bond motifs is 2. The molecule has 5 rings (SSSR count). The van der Waals surface area contributed by atoms with Gasteiger partial charge in [0.15, 0.2) is 0 Å². The number of hydrogen-bond acceptors (Lipinski definition) is 1. The number of hydrogen-bond donors (Lipinski definition) is 0. The van der Waals surface area contributed by atoms with Crippen molar-refractivity contribution in [1.29, 1.82) is 0 Å². The van der Waals surface area contributed by atoms with Crippen LogP contribution < -0.4 is 0 Å². The lowest BCUT2D eigenvalue weighted by molar-refractivity contribution is 1.33. The van der Waals surface area contributed by atoms with Gasteiger partial charge in [-0.3, -0.25) is 4.98 Å². The Kier molecular flexibility index (Phi) is 3.50. The summed E-state index contributed by atoms with van der Waals surface area (Å²) in [4.78, 5) is 4.62. The van der Waals surface area contributed by atoms with Gasteiger partial charge < -0.3 is 0 Å². The van der Waals surface area contributed by atoms with Crippen molar-refractivity contribution < 1.29 is 0 Å². The van der Waals surface area contributed by atoms with Crippen LogP contribution in [-0.2, 0) is 0 Å². The molecule has 0 bridgehead atoms. The Balaban J connectivity index is 1.94. The van der Waals surface area contributed by atoms with E-state index in [1.54, 1.807) is 0 Å². The average Bonchev–Trinajstić information content (AvgIpc) is 2.73. The van der Waals surface area contributed by atoms with E-state index < -0.39 is 0 Å². The monoisotopic (exact) mass is 331 g/mol. The van der Waals surface area contributed by atoms with Crippen molar-refractivity contribution in [3.8, 4) is 22.4 Å². The van der Waals surface area contributed by atoms with Gasteiger partial charge in [-0.05, 0) is 44.8 Å². The lowest BCUT2D eigenvalue weighted by Crippen LogP contribution is -1.91. The summed E-state index contributed by atoms with van der Waals surface area (Å²) in [6, 6.07) is 34.2. The highest BCUT2D eigenvalue weighted by atomic mass is 14.7. The largest absolute Gasteiger partial charge is 0.256 e. The fourth-order valence-electron chi connectivity index (χ4n) is 3.74. The first-order valence-corrected chi connectivity index (χ1v) is 8.83. The fourth-order valence-corrected chi connectivity index (χ4v) is 3.74. The second kappa shape index (κ2) is 6.12. The molecule has 0 aliphatic rings. The Hall–Kier alpha value is -3.45. The van der Waals surface area contributed by atoms with Gasteiger partial charge in [0.25, 0.3) is 0 Å². The first kappa shape index (κ1) is 14.9. The standard InChI is InChI=1S/C25H17N/c1-3-11-20-18(8-1)10-7-13-22(20)25-21-12-4-2-9-19(21)15-16-23(25)24-14-5-6-17-26-24/h1-17H. The van der Waals surface area contributed by atoms with E-state index in [1.165, 1.54) is 38.2 Å². The molecular weight excluding hydrogens is 314 g/mol. The van der Waals surface area contributed by atoms with Gasteiger partial charge in [-0.1, -0.05) is 84.9 Å². The quantitative estimate of drug-likeness (QED) is 0.350. The predicted molar refractivity (Wildman–Crippen MR) is 110 cm³/mol. The van der Waals surface area contributed by atoms with Crippen molar-refractivity contribution in [2.45, 2.75) is 0 Å². The molecule has 0 atom stereocenters. The van der Waals surface area contributed by atoms with Gasteiger partial charge in [-0.25, -0.2) is 0 Å². The summed E-state index contributed by atoms with van der Waals surface area (Å²) in [7, 11) is 0. The van der Waals surface area contributed by atoms with Gasteiger partial charge >= 0.3 is 0 Å². The summed E-state index contributed by atoms with van der Waals surface area (Å²) in [6.45, 7) is 0. The summed E-state index contributed by atoms with van der Waals surface area (Å²) in [5, 5.41) is 5.02. The molecule has 1 aromatic heterocycles. The first-order valence-electron chi connectivity index (χ1n) is 8.83. The maximum Gasteiger partial charge on any atom is 0.0708 e. The molecule has 0 N–H and O–H groups in total. The summed E-state index contributed by atoms with van der Waals surface area (Å²) in [5.74, 6) is 0. The van der Waals surface area contributed by atoms with Crippen LogP contribution in [0.25, 0.3) is 43.9 Å². The number of rotatable bonds is 2. The van der Waals surface area contributed by atoms with Crippen LogP contribution in [0, 0.1) is 0 Å². The van der Waals surface area contributed by atoms with Crippen molar-refractivity contribution in [2.24, 2.45) is 0 Å². The van der Waals surface area contributed by atoms with Crippen molar-refractivity contribution in [3.63, 3.8) is 0 Å². The molecule has 0 fully saturated rings. The second-order valence-electron chi connectivity index (χ2n) is 6.45. The Labute approximate surface area is 152 Å². The van der Waals surface area contributed by atoms with E-state index in [9.17, 15) is 0 Å². The molecule has 4 aromatic carbocycles. The predicted octanol–water partition coefficient (Wildman–Crippen LogP) is 6.72. The zero-order valence-corrected chi connectivity index (χ0v) is 14.3. The highest BCUT2D eigenvalue weighted by molar-refractivity contribution is 6.10. The van der Waals surface area contributed by atoms with Crippen LogP contribution in [0.5, 0.6) is 0 Å². The Morgan fingerprint density at radius 3 is 1.96 bits per heavy atom. The molecule has 122 valence electrons. The van der Waals surface area contributed by atoms with E-state index in [0.717, 1.165) is 5.69 Å². The van der Waals surface area contributed by atoms with Crippen molar-refractivity contribution >= 4 is 21.5 Å². The Morgan fingerprint density at radius 1 is 0.462 bits per heavy atom. The topological polar surface area (TPSA) is 12.9 Å². The van der Waals surface area contributed by atoms with Crippen LogP contribution in [0.2, 0.25) is 0 Å². The maximum absolute atomic E-state index is 4.62. The maximum atomic E-state index is 4.62. The molecule has 26 heavy (non-hydrogen) atoms. The summed E-state index contributed by atoms with van der Waals surface area (Å²) in [5.41, 5.74) is 4.67. The number of pyridine rings is 1. The lowest BCUT2D eigenvalue weighted by Gasteiger charge is -2.15. The molecule has 1 nitrogen and oxygen atoms in total. The molecule has 0 radical (unpaired) electrons. The van der Waals surface area contributed by atoms with E-state index >= 15 is 0 Å². The second-order valence-corrected chi connectivity index (χ2v) is 6.45. The third kappa shape index (κ3) is 2.37. The molecule has 0 aliphatic heterocycles. The van der Waals surface area contributed by atoms with E-state index in [2.05, 4.69) is 89.9 Å². The minimum absolute atomic E-state index is 1.00. The highest BCUT2D eigenvalue weighted by Gasteiger charge is 2.14. The zero-order chi connectivity index (χ0) is 17.3. The van der Waals surface area contributed by atoms with E-state index in [4.69, 9.17) is 0 Å². The van der Waals surface area contributed by atoms with Gasteiger partial charge in [-0.2, -0.15) is 0 Å². The van der Waals surface area contributed by atoms with Crippen molar-refractivity contribution in [1.82, 2.24) is 4.98 Å². The molecule has 1 heterocycles. The van der Waals surface area contributed by atoms with Gasteiger partial charge in [0.2, 0.25) is 0 Å². The molecule has 5 aromatic rings. The summed E-state index contributed by atoms with van der Waals surface area (Å²) >= 11 is 0. The first-order chi connectivity index (χ1) is 12.9. The van der Waals surface area contributed by atoms with Gasteiger partial charge in [-0.15, -0.1) is 0 Å². The summed E-state index contributed by atoms with van der Waals surface area (Å²) < 4.78 is 0. The van der Waals surface area contributed by atoms with E-state index in [-0.39, 0.29) is 0 Å². The molecule has 0 aliphatic carbocycles. The third-order valence-corrected chi connectivity index (χ3v) is 4.93. The number of aromatic nitrogens is 1. The highest BCUT2D eigenvalue weighted by Crippen LogP contribution is 2.40. The number of nitrogens with zero attached hydrogens (tertiary/aromatic N) is 1.